The molecule has 3 rings (SSSR count). The van der Waals surface area contributed by atoms with Crippen molar-refractivity contribution >= 4 is 12.1 Å². The van der Waals surface area contributed by atoms with E-state index in [9.17, 15) is 9.59 Å². The van der Waals surface area contributed by atoms with Crippen LogP contribution >= 0.6 is 0 Å². The molecular weight excluding hydrogens is 582 g/mol. The fourth-order valence-electron chi connectivity index (χ4n) is 5.03. The summed E-state index contributed by atoms with van der Waals surface area (Å²) in [6.07, 6.45) is 2.29. The number of methoxy groups -OCH3 is 2. The van der Waals surface area contributed by atoms with Gasteiger partial charge in [0.05, 0.1) is 39.6 Å². The van der Waals surface area contributed by atoms with Gasteiger partial charge in [-0.05, 0) is 88.6 Å². The van der Waals surface area contributed by atoms with Crippen molar-refractivity contribution in [3.05, 3.63) is 113 Å². The molecule has 0 saturated carbocycles. The van der Waals surface area contributed by atoms with Crippen molar-refractivity contribution in [1.82, 2.24) is 5.32 Å². The lowest BCUT2D eigenvalue weighted by molar-refractivity contribution is -0.136. The first kappa shape index (κ1) is 36.3. The molecule has 0 heterocycles. The van der Waals surface area contributed by atoms with Gasteiger partial charge in [0.25, 0.3) is 0 Å². The second kappa shape index (κ2) is 18.1. The normalized spacial score (nSPS) is 13.8. The van der Waals surface area contributed by atoms with Crippen LogP contribution in [-0.2, 0) is 43.4 Å². The molecule has 0 saturated heterocycles. The van der Waals surface area contributed by atoms with Gasteiger partial charge in [0, 0.05) is 0 Å². The molecule has 0 aliphatic carbocycles. The highest BCUT2D eigenvalue weighted by atomic mass is 16.6. The van der Waals surface area contributed by atoms with Crippen LogP contribution in [0.3, 0.4) is 0 Å². The van der Waals surface area contributed by atoms with Gasteiger partial charge in [-0.15, -0.1) is 0 Å². The first-order valence-corrected chi connectivity index (χ1v) is 15.7. The van der Waals surface area contributed by atoms with Crippen LogP contribution in [0.15, 0.2) is 90.6 Å². The average Bonchev–Trinajstić information content (AvgIpc) is 3.03. The highest BCUT2D eigenvalue weighted by molar-refractivity contribution is 5.92. The van der Waals surface area contributed by atoms with Crippen LogP contribution in [0.25, 0.3) is 0 Å². The Kier molecular flexibility index (Phi) is 14.3. The van der Waals surface area contributed by atoms with Crippen molar-refractivity contribution in [1.29, 1.82) is 0 Å². The lowest BCUT2D eigenvalue weighted by Gasteiger charge is -2.32. The summed E-state index contributed by atoms with van der Waals surface area (Å²) < 4.78 is 28.7. The highest BCUT2D eigenvalue weighted by Gasteiger charge is 2.29. The summed E-state index contributed by atoms with van der Waals surface area (Å²) in [5, 5.41) is 2.56. The molecule has 0 radical (unpaired) electrons. The molecule has 248 valence electrons. The Hall–Kier alpha value is -4.14. The van der Waals surface area contributed by atoms with Crippen LogP contribution < -0.4 is 10.1 Å². The van der Waals surface area contributed by atoms with Gasteiger partial charge in [-0.2, -0.15) is 0 Å². The minimum Gasteiger partial charge on any atom is -0.497 e. The molecule has 3 aromatic carbocycles. The molecule has 0 aliphatic rings. The van der Waals surface area contributed by atoms with Gasteiger partial charge in [0.15, 0.2) is 0 Å². The summed E-state index contributed by atoms with van der Waals surface area (Å²) in [6.45, 7) is 10.2. The van der Waals surface area contributed by atoms with Crippen molar-refractivity contribution in [2.75, 3.05) is 14.2 Å². The van der Waals surface area contributed by atoms with Crippen LogP contribution in [-0.4, -0.2) is 44.1 Å². The minimum absolute atomic E-state index is 0.00830. The predicted molar refractivity (Wildman–Crippen MR) is 179 cm³/mol. The molecule has 8 nitrogen and oxygen atoms in total. The average molecular weight is 632 g/mol. The first-order valence-electron chi connectivity index (χ1n) is 15.7. The number of hydrogen-bond acceptors (Lipinski definition) is 7. The van der Waals surface area contributed by atoms with E-state index in [2.05, 4.69) is 36.5 Å². The van der Waals surface area contributed by atoms with Crippen LogP contribution in [0.4, 0.5) is 4.79 Å². The molecule has 0 bridgehead atoms. The van der Waals surface area contributed by atoms with E-state index in [1.807, 2.05) is 61.5 Å². The standard InChI is InChI=1S/C38H49NO7/c1-27-16-18-29(19-17-27)24-32(14-11-15-34(36(40)43-7)39-37(41)46-38(3,4)5)35(45-26-30-12-9-8-10-13-30)28(2)44-25-31-20-22-33(42-6)23-21-31/h8-10,12-13,15-23,28,32,35H,11,14,24-26H2,1-7H3,(H,39,41)/b34-15-/t28-,32+,35-/m0/s1. The van der Waals surface area contributed by atoms with E-state index >= 15 is 0 Å². The number of esters is 1. The summed E-state index contributed by atoms with van der Waals surface area (Å²) in [4.78, 5) is 25.0. The van der Waals surface area contributed by atoms with Crippen molar-refractivity contribution < 1.29 is 33.3 Å². The van der Waals surface area contributed by atoms with Gasteiger partial charge >= 0.3 is 12.1 Å². The summed E-state index contributed by atoms with van der Waals surface area (Å²) in [7, 11) is 2.93. The number of benzene rings is 3. The zero-order chi connectivity index (χ0) is 33.5. The van der Waals surface area contributed by atoms with E-state index in [0.29, 0.717) is 26.1 Å². The molecule has 1 amide bonds. The molecular formula is C38H49NO7. The number of rotatable bonds is 16. The zero-order valence-corrected chi connectivity index (χ0v) is 28.2. The molecule has 0 unspecified atom stereocenters. The maximum absolute atomic E-state index is 12.6. The van der Waals surface area contributed by atoms with E-state index in [0.717, 1.165) is 23.3 Å². The predicted octanol–water partition coefficient (Wildman–Crippen LogP) is 7.71. The Morgan fingerprint density at radius 1 is 0.826 bits per heavy atom. The van der Waals surface area contributed by atoms with Crippen molar-refractivity contribution in [3.63, 3.8) is 0 Å². The second-order valence-corrected chi connectivity index (χ2v) is 12.4. The Morgan fingerprint density at radius 3 is 2.04 bits per heavy atom. The quantitative estimate of drug-likeness (QED) is 0.128. The van der Waals surface area contributed by atoms with Gasteiger partial charge in [-0.3, -0.25) is 5.32 Å². The molecule has 3 atom stereocenters. The van der Waals surface area contributed by atoms with Crippen molar-refractivity contribution in [2.24, 2.45) is 5.92 Å². The molecule has 1 N–H and O–H groups in total. The third-order valence-corrected chi connectivity index (χ3v) is 7.43. The lowest BCUT2D eigenvalue weighted by atomic mass is 9.87. The number of allylic oxidation sites excluding steroid dienone is 1. The van der Waals surface area contributed by atoms with Gasteiger partial charge < -0.3 is 23.7 Å². The molecule has 8 heteroatoms. The fourth-order valence-corrected chi connectivity index (χ4v) is 5.03. The van der Waals surface area contributed by atoms with Gasteiger partial charge in [-0.25, -0.2) is 9.59 Å². The number of alkyl carbamates (subject to hydrolysis) is 1. The smallest absolute Gasteiger partial charge is 0.412 e. The van der Waals surface area contributed by atoms with Crippen molar-refractivity contribution in [2.45, 2.75) is 84.9 Å². The molecule has 46 heavy (non-hydrogen) atoms. The number of carbonyl (C=O) groups is 2. The summed E-state index contributed by atoms with van der Waals surface area (Å²) in [5.74, 6) is 0.155. The van der Waals surface area contributed by atoms with Gasteiger partial charge in [0.2, 0.25) is 0 Å². The maximum Gasteiger partial charge on any atom is 0.412 e. The first-order chi connectivity index (χ1) is 22.0. The highest BCUT2D eigenvalue weighted by Crippen LogP contribution is 2.27. The van der Waals surface area contributed by atoms with E-state index < -0.39 is 17.7 Å². The summed E-state index contributed by atoms with van der Waals surface area (Å²) in [5.41, 5.74) is 3.79. The Labute approximate surface area is 274 Å². The Morgan fingerprint density at radius 2 is 1.43 bits per heavy atom. The van der Waals surface area contributed by atoms with Crippen LogP contribution in [0.2, 0.25) is 0 Å². The van der Waals surface area contributed by atoms with Crippen LogP contribution in [0.1, 0.15) is 62.8 Å². The number of hydrogen-bond donors (Lipinski definition) is 1. The third-order valence-electron chi connectivity index (χ3n) is 7.43. The van der Waals surface area contributed by atoms with Gasteiger partial charge in [0.1, 0.15) is 17.0 Å². The number of amides is 1. The van der Waals surface area contributed by atoms with Crippen LogP contribution in [0, 0.1) is 12.8 Å². The number of carbonyl (C=O) groups excluding carboxylic acids is 2. The lowest BCUT2D eigenvalue weighted by Crippen LogP contribution is -2.37. The van der Waals surface area contributed by atoms with Gasteiger partial charge in [-0.1, -0.05) is 78.4 Å². The van der Waals surface area contributed by atoms with E-state index in [4.69, 9.17) is 23.7 Å². The topological polar surface area (TPSA) is 92.3 Å². The number of nitrogens with one attached hydrogen (secondary N) is 1. The molecule has 0 fully saturated rings. The number of ether oxygens (including phenoxy) is 5. The van der Waals surface area contributed by atoms with Crippen LogP contribution in [0.5, 0.6) is 5.75 Å². The third kappa shape index (κ3) is 12.7. The zero-order valence-electron chi connectivity index (χ0n) is 28.2. The fraction of sp³-hybridized carbons (Fsp3) is 0.421. The summed E-state index contributed by atoms with van der Waals surface area (Å²) >= 11 is 0. The largest absolute Gasteiger partial charge is 0.497 e. The van der Waals surface area contributed by atoms with E-state index in [-0.39, 0.29) is 23.8 Å². The molecule has 0 aromatic heterocycles. The maximum atomic E-state index is 12.6. The van der Waals surface area contributed by atoms with Crippen molar-refractivity contribution in [3.8, 4) is 5.75 Å². The monoisotopic (exact) mass is 631 g/mol. The molecule has 0 aliphatic heterocycles. The second-order valence-electron chi connectivity index (χ2n) is 12.4. The number of aryl methyl sites for hydroxylation is 1. The summed E-state index contributed by atoms with van der Waals surface area (Å²) in [6, 6.07) is 26.4. The molecule has 0 spiro atoms. The molecule has 3 aromatic rings. The van der Waals surface area contributed by atoms with E-state index in [1.165, 1.54) is 18.2 Å². The Balaban J connectivity index is 1.87. The minimum atomic E-state index is -0.718. The van der Waals surface area contributed by atoms with E-state index in [1.54, 1.807) is 34.0 Å². The Bertz CT molecular complexity index is 1380. The SMILES string of the molecule is COC(=O)/C(=C/CC[C@H](Cc1ccc(C)cc1)[C@@H](OCc1ccccc1)[C@H](C)OCc1ccc(OC)cc1)NC(=O)OC(C)(C)C.